The highest BCUT2D eigenvalue weighted by atomic mass is 19.4. The highest BCUT2D eigenvalue weighted by Gasteiger charge is 2.37. The molecule has 0 aliphatic rings. The summed E-state index contributed by atoms with van der Waals surface area (Å²) in [5.41, 5.74) is 5.10. The number of para-hydroxylation sites is 1. The number of rotatable bonds is 3. The predicted molar refractivity (Wildman–Crippen MR) is 64.5 cm³/mol. The summed E-state index contributed by atoms with van der Waals surface area (Å²) in [6.07, 6.45) is -4.70. The molecule has 2 aromatic rings. The van der Waals surface area contributed by atoms with Crippen LogP contribution in [0.4, 0.5) is 19.1 Å². The van der Waals surface area contributed by atoms with Gasteiger partial charge < -0.3 is 14.9 Å². The number of halogens is 3. The number of carbonyl (C=O) groups is 1. The van der Waals surface area contributed by atoms with Crippen molar-refractivity contribution in [2.24, 2.45) is 0 Å². The molecule has 1 aromatic carbocycles. The molecular formula is C13H10F3NO3. The van der Waals surface area contributed by atoms with Crippen molar-refractivity contribution in [2.75, 3.05) is 12.8 Å². The van der Waals surface area contributed by atoms with Gasteiger partial charge in [0.1, 0.15) is 5.75 Å². The monoisotopic (exact) mass is 285 g/mol. The van der Waals surface area contributed by atoms with Gasteiger partial charge in [-0.3, -0.25) is 4.79 Å². The average Bonchev–Trinajstić information content (AvgIpc) is 2.80. The van der Waals surface area contributed by atoms with Gasteiger partial charge in [-0.25, -0.2) is 0 Å². The number of furan rings is 1. The van der Waals surface area contributed by atoms with Crippen molar-refractivity contribution in [1.29, 1.82) is 0 Å². The maximum atomic E-state index is 12.5. The smallest absolute Gasteiger partial charge is 0.449 e. The normalized spacial score (nSPS) is 11.4. The fourth-order valence-corrected chi connectivity index (χ4v) is 1.70. The molecule has 4 nitrogen and oxygen atoms in total. The number of ether oxygens (including phenoxy) is 1. The lowest BCUT2D eigenvalue weighted by molar-refractivity contribution is -0.152. The fourth-order valence-electron chi connectivity index (χ4n) is 1.70. The Morgan fingerprint density at radius 1 is 1.25 bits per heavy atom. The van der Waals surface area contributed by atoms with Gasteiger partial charge in [0.15, 0.2) is 0 Å². The van der Waals surface area contributed by atoms with Crippen molar-refractivity contribution >= 4 is 11.7 Å². The summed E-state index contributed by atoms with van der Waals surface area (Å²) >= 11 is 0. The number of benzene rings is 1. The number of ketones is 1. The van der Waals surface area contributed by atoms with Gasteiger partial charge in [-0.15, -0.1) is 0 Å². The second-order valence-electron chi connectivity index (χ2n) is 3.92. The Labute approximate surface area is 111 Å². The van der Waals surface area contributed by atoms with Gasteiger partial charge in [0.05, 0.1) is 18.2 Å². The van der Waals surface area contributed by atoms with Crippen molar-refractivity contribution in [3.63, 3.8) is 0 Å². The third-order valence-corrected chi connectivity index (χ3v) is 2.64. The van der Waals surface area contributed by atoms with Gasteiger partial charge in [0.25, 0.3) is 0 Å². The minimum absolute atomic E-state index is 0.108. The molecule has 0 radical (unpaired) electrons. The second kappa shape index (κ2) is 4.92. The van der Waals surface area contributed by atoms with Crippen LogP contribution in [0, 0.1) is 0 Å². The molecule has 0 saturated carbocycles. The van der Waals surface area contributed by atoms with E-state index >= 15 is 0 Å². The number of anilines is 1. The number of methoxy groups -OCH3 is 1. The van der Waals surface area contributed by atoms with E-state index in [2.05, 4.69) is 4.42 Å². The third-order valence-electron chi connectivity index (χ3n) is 2.64. The van der Waals surface area contributed by atoms with Gasteiger partial charge in [0.2, 0.25) is 17.4 Å². The molecule has 0 fully saturated rings. The van der Waals surface area contributed by atoms with E-state index in [1.54, 1.807) is 12.1 Å². The molecule has 0 aliphatic heterocycles. The summed E-state index contributed by atoms with van der Waals surface area (Å²) in [7, 11) is 1.35. The first kappa shape index (κ1) is 14.0. The van der Waals surface area contributed by atoms with Crippen LogP contribution in [0.1, 0.15) is 21.7 Å². The van der Waals surface area contributed by atoms with Crippen LogP contribution in [-0.2, 0) is 6.18 Å². The highest BCUT2D eigenvalue weighted by Crippen LogP contribution is 2.35. The molecule has 0 unspecified atom stereocenters. The number of nitrogen functional groups attached to an aromatic ring is 1. The van der Waals surface area contributed by atoms with E-state index in [-0.39, 0.29) is 16.9 Å². The average molecular weight is 285 g/mol. The molecule has 0 atom stereocenters. The summed E-state index contributed by atoms with van der Waals surface area (Å²) in [4.78, 5) is 12.2. The van der Waals surface area contributed by atoms with E-state index < -0.39 is 23.6 Å². The molecule has 0 bridgehead atoms. The Bertz CT molecular complexity index is 647. The summed E-state index contributed by atoms with van der Waals surface area (Å²) in [6, 6.07) is 6.74. The van der Waals surface area contributed by atoms with Crippen LogP contribution >= 0.6 is 0 Å². The molecule has 0 amide bonds. The zero-order chi connectivity index (χ0) is 14.9. The van der Waals surface area contributed by atoms with Crippen LogP contribution < -0.4 is 10.5 Å². The largest absolute Gasteiger partial charge is 0.496 e. The van der Waals surface area contributed by atoms with Crippen molar-refractivity contribution < 1.29 is 27.1 Å². The predicted octanol–water partition coefficient (Wildman–Crippen LogP) is 3.12. The fraction of sp³-hybridized carbons (Fsp3) is 0.154. The van der Waals surface area contributed by atoms with E-state index in [4.69, 9.17) is 10.5 Å². The first-order valence-corrected chi connectivity index (χ1v) is 5.49. The molecule has 0 spiro atoms. The van der Waals surface area contributed by atoms with E-state index in [9.17, 15) is 18.0 Å². The van der Waals surface area contributed by atoms with Gasteiger partial charge in [-0.2, -0.15) is 13.2 Å². The quantitative estimate of drug-likeness (QED) is 0.880. The van der Waals surface area contributed by atoms with Crippen LogP contribution in [-0.4, -0.2) is 12.9 Å². The zero-order valence-corrected chi connectivity index (χ0v) is 10.3. The minimum atomic E-state index is -4.70. The number of alkyl halides is 3. The Kier molecular flexibility index (Phi) is 3.44. The Morgan fingerprint density at radius 2 is 1.90 bits per heavy atom. The van der Waals surface area contributed by atoms with E-state index in [0.717, 1.165) is 0 Å². The Balaban J connectivity index is 2.46. The standard InChI is InChI=1S/C13H10F3NO3/c1-19-9-5-3-2-4-7(9)11(18)8-6-10(13(14,15)16)20-12(8)17/h2-6H,17H2,1H3. The number of carbonyl (C=O) groups excluding carboxylic acids is 1. The lowest BCUT2D eigenvalue weighted by Gasteiger charge is -2.05. The second-order valence-corrected chi connectivity index (χ2v) is 3.92. The van der Waals surface area contributed by atoms with Crippen LogP contribution in [0.15, 0.2) is 34.7 Å². The molecule has 0 saturated heterocycles. The molecule has 1 aromatic heterocycles. The van der Waals surface area contributed by atoms with Crippen LogP contribution in [0.25, 0.3) is 0 Å². The molecule has 1 heterocycles. The first-order valence-electron chi connectivity index (χ1n) is 5.49. The van der Waals surface area contributed by atoms with Gasteiger partial charge in [-0.05, 0) is 12.1 Å². The third kappa shape index (κ3) is 2.47. The number of nitrogens with two attached hydrogens (primary N) is 1. The first-order chi connectivity index (χ1) is 9.34. The summed E-state index contributed by atoms with van der Waals surface area (Å²) in [6.45, 7) is 0. The number of hydrogen-bond acceptors (Lipinski definition) is 4. The van der Waals surface area contributed by atoms with Gasteiger partial charge >= 0.3 is 6.18 Å². The molecule has 20 heavy (non-hydrogen) atoms. The van der Waals surface area contributed by atoms with Gasteiger partial charge in [-0.1, -0.05) is 12.1 Å². The Hall–Kier alpha value is -2.44. The van der Waals surface area contributed by atoms with E-state index in [1.165, 1.54) is 19.2 Å². The van der Waals surface area contributed by atoms with E-state index in [0.29, 0.717) is 6.07 Å². The van der Waals surface area contributed by atoms with Gasteiger partial charge in [0, 0.05) is 6.07 Å². The van der Waals surface area contributed by atoms with Crippen molar-refractivity contribution in [3.05, 3.63) is 47.2 Å². The van der Waals surface area contributed by atoms with Crippen molar-refractivity contribution in [3.8, 4) is 5.75 Å². The van der Waals surface area contributed by atoms with Crippen molar-refractivity contribution in [1.82, 2.24) is 0 Å². The summed E-state index contributed by atoms with van der Waals surface area (Å²) in [5, 5.41) is 0. The molecule has 2 rings (SSSR count). The molecule has 106 valence electrons. The van der Waals surface area contributed by atoms with E-state index in [1.807, 2.05) is 0 Å². The highest BCUT2D eigenvalue weighted by molar-refractivity contribution is 6.13. The van der Waals surface area contributed by atoms with Crippen molar-refractivity contribution in [2.45, 2.75) is 6.18 Å². The molecule has 0 aliphatic carbocycles. The zero-order valence-electron chi connectivity index (χ0n) is 10.3. The number of hydrogen-bond donors (Lipinski definition) is 1. The maximum absolute atomic E-state index is 12.5. The van der Waals surface area contributed by atoms with Crippen LogP contribution in [0.3, 0.4) is 0 Å². The SMILES string of the molecule is COc1ccccc1C(=O)c1cc(C(F)(F)F)oc1N. The van der Waals surface area contributed by atoms with Crippen LogP contribution in [0.2, 0.25) is 0 Å². The lowest BCUT2D eigenvalue weighted by atomic mass is 10.0. The van der Waals surface area contributed by atoms with Crippen LogP contribution in [0.5, 0.6) is 5.75 Å². The maximum Gasteiger partial charge on any atom is 0.449 e. The minimum Gasteiger partial charge on any atom is -0.496 e. The molecule has 7 heteroatoms. The Morgan fingerprint density at radius 3 is 2.45 bits per heavy atom. The molecular weight excluding hydrogens is 275 g/mol. The summed E-state index contributed by atoms with van der Waals surface area (Å²) in [5.74, 6) is -2.34. The lowest BCUT2D eigenvalue weighted by Crippen LogP contribution is -2.05. The molecule has 2 N–H and O–H groups in total. The summed E-state index contributed by atoms with van der Waals surface area (Å²) < 4.78 is 46.9. The topological polar surface area (TPSA) is 65.5 Å².